The number of benzene rings is 3. The zero-order chi connectivity index (χ0) is 19.4. The average molecular weight is 368 g/mol. The van der Waals surface area contributed by atoms with E-state index in [1.807, 2.05) is 84.9 Å². The standard InChI is InChI=1S/C24H20N2O2/c25-18-24(15-23(27)26(24)16-19-7-3-1-4-8-19)21-11-13-22(14-12-21)28-17-20-9-5-2-6-10-20/h1-14H,15-17H2/t24-/m0/s1. The van der Waals surface area contributed by atoms with Gasteiger partial charge in [0.25, 0.3) is 0 Å². The number of carbonyl (C=O) groups excluding carboxylic acids is 1. The van der Waals surface area contributed by atoms with Crippen LogP contribution in [0.15, 0.2) is 84.9 Å². The summed E-state index contributed by atoms with van der Waals surface area (Å²) >= 11 is 0. The van der Waals surface area contributed by atoms with Gasteiger partial charge in [-0.05, 0) is 28.8 Å². The van der Waals surface area contributed by atoms with Gasteiger partial charge >= 0.3 is 0 Å². The van der Waals surface area contributed by atoms with Gasteiger partial charge in [0.15, 0.2) is 5.54 Å². The van der Waals surface area contributed by atoms with Crippen LogP contribution in [0, 0.1) is 11.3 Å². The number of likely N-dealkylation sites (tertiary alicyclic amines) is 1. The highest BCUT2D eigenvalue weighted by molar-refractivity contribution is 5.87. The Morgan fingerprint density at radius 2 is 1.50 bits per heavy atom. The highest BCUT2D eigenvalue weighted by Gasteiger charge is 2.52. The first kappa shape index (κ1) is 17.8. The van der Waals surface area contributed by atoms with Crippen molar-refractivity contribution in [3.05, 3.63) is 102 Å². The van der Waals surface area contributed by atoms with Crippen molar-refractivity contribution < 1.29 is 9.53 Å². The SMILES string of the molecule is N#C[C@]1(c2ccc(OCc3ccccc3)cc2)CC(=O)N1Cc1ccccc1. The molecule has 0 radical (unpaired) electrons. The van der Waals surface area contributed by atoms with E-state index in [0.29, 0.717) is 13.2 Å². The second-order valence-corrected chi connectivity index (χ2v) is 6.91. The second kappa shape index (κ2) is 7.58. The molecule has 3 aromatic rings. The minimum atomic E-state index is -0.912. The van der Waals surface area contributed by atoms with Gasteiger partial charge in [0.05, 0.1) is 12.5 Å². The highest BCUT2D eigenvalue weighted by Crippen LogP contribution is 2.42. The molecule has 1 aliphatic heterocycles. The van der Waals surface area contributed by atoms with Crippen LogP contribution in [0.2, 0.25) is 0 Å². The number of nitrogens with zero attached hydrogens (tertiary/aromatic N) is 2. The van der Waals surface area contributed by atoms with E-state index >= 15 is 0 Å². The Bertz CT molecular complexity index is 994. The van der Waals surface area contributed by atoms with Crippen molar-refractivity contribution in [1.29, 1.82) is 5.26 Å². The van der Waals surface area contributed by atoms with Crippen LogP contribution in [0.25, 0.3) is 0 Å². The molecule has 4 rings (SSSR count). The van der Waals surface area contributed by atoms with E-state index in [2.05, 4.69) is 6.07 Å². The maximum Gasteiger partial charge on any atom is 0.228 e. The zero-order valence-corrected chi connectivity index (χ0v) is 15.4. The number of rotatable bonds is 6. The Labute approximate surface area is 164 Å². The molecule has 0 aromatic heterocycles. The van der Waals surface area contributed by atoms with Gasteiger partial charge in [0, 0.05) is 6.54 Å². The minimum absolute atomic E-state index is 0.00481. The number of nitriles is 1. The monoisotopic (exact) mass is 368 g/mol. The Kier molecular flexibility index (Phi) is 4.82. The van der Waals surface area contributed by atoms with Crippen molar-refractivity contribution in [2.45, 2.75) is 25.1 Å². The first-order valence-corrected chi connectivity index (χ1v) is 9.24. The van der Waals surface area contributed by atoms with Gasteiger partial charge < -0.3 is 9.64 Å². The maximum absolute atomic E-state index is 12.3. The molecule has 1 aliphatic rings. The van der Waals surface area contributed by atoms with Crippen LogP contribution in [0.3, 0.4) is 0 Å². The smallest absolute Gasteiger partial charge is 0.228 e. The van der Waals surface area contributed by atoms with Crippen molar-refractivity contribution >= 4 is 5.91 Å². The number of carbonyl (C=O) groups is 1. The topological polar surface area (TPSA) is 53.3 Å². The molecule has 4 heteroatoms. The van der Waals surface area contributed by atoms with Crippen molar-refractivity contribution in [3.8, 4) is 11.8 Å². The van der Waals surface area contributed by atoms with Gasteiger partial charge in [-0.3, -0.25) is 4.79 Å². The van der Waals surface area contributed by atoms with E-state index in [4.69, 9.17) is 4.74 Å². The van der Waals surface area contributed by atoms with E-state index in [9.17, 15) is 10.1 Å². The van der Waals surface area contributed by atoms with Crippen LogP contribution in [0.5, 0.6) is 5.75 Å². The maximum atomic E-state index is 12.3. The van der Waals surface area contributed by atoms with E-state index < -0.39 is 5.54 Å². The third-order valence-corrected chi connectivity index (χ3v) is 5.12. The summed E-state index contributed by atoms with van der Waals surface area (Å²) in [6.45, 7) is 0.918. The van der Waals surface area contributed by atoms with E-state index in [-0.39, 0.29) is 12.3 Å². The summed E-state index contributed by atoms with van der Waals surface area (Å²) in [4.78, 5) is 13.9. The summed E-state index contributed by atoms with van der Waals surface area (Å²) in [7, 11) is 0. The lowest BCUT2D eigenvalue weighted by molar-refractivity contribution is -0.153. The number of β-lactam (4-membered cyclic amide) rings is 1. The number of amides is 1. The van der Waals surface area contributed by atoms with Crippen molar-refractivity contribution in [3.63, 3.8) is 0 Å². The quantitative estimate of drug-likeness (QED) is 0.605. The molecular weight excluding hydrogens is 348 g/mol. The fourth-order valence-electron chi connectivity index (χ4n) is 3.51. The molecule has 0 aliphatic carbocycles. The van der Waals surface area contributed by atoms with Crippen LogP contribution in [0.4, 0.5) is 0 Å². The lowest BCUT2D eigenvalue weighted by atomic mass is 9.78. The molecule has 0 saturated carbocycles. The van der Waals surface area contributed by atoms with Crippen molar-refractivity contribution in [2.75, 3.05) is 0 Å². The molecule has 28 heavy (non-hydrogen) atoms. The van der Waals surface area contributed by atoms with Crippen molar-refractivity contribution in [2.24, 2.45) is 0 Å². The molecule has 0 spiro atoms. The minimum Gasteiger partial charge on any atom is -0.489 e. The van der Waals surface area contributed by atoms with E-state index in [0.717, 1.165) is 22.4 Å². The molecule has 0 bridgehead atoms. The summed E-state index contributed by atoms with van der Waals surface area (Å²) < 4.78 is 5.83. The van der Waals surface area contributed by atoms with Gasteiger partial charge in [0.1, 0.15) is 12.4 Å². The first-order valence-electron chi connectivity index (χ1n) is 9.24. The van der Waals surface area contributed by atoms with Gasteiger partial charge in [0.2, 0.25) is 5.91 Å². The fourth-order valence-corrected chi connectivity index (χ4v) is 3.51. The zero-order valence-electron chi connectivity index (χ0n) is 15.4. The molecule has 0 N–H and O–H groups in total. The van der Waals surface area contributed by atoms with Crippen LogP contribution in [0.1, 0.15) is 23.1 Å². The highest BCUT2D eigenvalue weighted by atomic mass is 16.5. The van der Waals surface area contributed by atoms with Gasteiger partial charge in [-0.1, -0.05) is 72.8 Å². The summed E-state index contributed by atoms with van der Waals surface area (Å²) in [6.07, 6.45) is 0.209. The molecule has 3 aromatic carbocycles. The Hall–Kier alpha value is -3.58. The molecule has 1 amide bonds. The number of ether oxygens (including phenoxy) is 1. The average Bonchev–Trinajstić information content (AvgIpc) is 2.76. The molecule has 1 heterocycles. The normalized spacial score (nSPS) is 18.2. The molecule has 1 atom stereocenters. The van der Waals surface area contributed by atoms with Crippen LogP contribution >= 0.6 is 0 Å². The van der Waals surface area contributed by atoms with Gasteiger partial charge in [-0.25, -0.2) is 0 Å². The van der Waals surface area contributed by atoms with Crippen LogP contribution < -0.4 is 4.74 Å². The van der Waals surface area contributed by atoms with Crippen LogP contribution in [-0.4, -0.2) is 10.8 Å². The molecule has 1 fully saturated rings. The van der Waals surface area contributed by atoms with E-state index in [1.54, 1.807) is 4.90 Å². The van der Waals surface area contributed by atoms with E-state index in [1.165, 1.54) is 0 Å². The molecule has 138 valence electrons. The Balaban J connectivity index is 1.50. The Morgan fingerprint density at radius 3 is 2.07 bits per heavy atom. The third kappa shape index (κ3) is 3.35. The summed E-state index contributed by atoms with van der Waals surface area (Å²) in [6, 6.07) is 29.6. The second-order valence-electron chi connectivity index (χ2n) is 6.91. The predicted octanol–water partition coefficient (Wildman–Crippen LogP) is 4.42. The number of hydrogen-bond donors (Lipinski definition) is 0. The fraction of sp³-hybridized carbons (Fsp3) is 0.167. The van der Waals surface area contributed by atoms with Crippen LogP contribution in [-0.2, 0) is 23.5 Å². The van der Waals surface area contributed by atoms with Gasteiger partial charge in [-0.15, -0.1) is 0 Å². The predicted molar refractivity (Wildman–Crippen MR) is 106 cm³/mol. The molecule has 1 saturated heterocycles. The lowest BCUT2D eigenvalue weighted by Crippen LogP contribution is -2.59. The largest absolute Gasteiger partial charge is 0.489 e. The molecular formula is C24H20N2O2. The first-order chi connectivity index (χ1) is 13.7. The third-order valence-electron chi connectivity index (χ3n) is 5.12. The van der Waals surface area contributed by atoms with Crippen molar-refractivity contribution in [1.82, 2.24) is 4.90 Å². The molecule has 4 nitrogen and oxygen atoms in total. The lowest BCUT2D eigenvalue weighted by Gasteiger charge is -2.47. The Morgan fingerprint density at radius 1 is 0.893 bits per heavy atom. The molecule has 0 unspecified atom stereocenters. The summed E-state index contributed by atoms with van der Waals surface area (Å²) in [5, 5.41) is 9.90. The number of hydrogen-bond acceptors (Lipinski definition) is 3. The van der Waals surface area contributed by atoms with Gasteiger partial charge in [-0.2, -0.15) is 5.26 Å². The summed E-state index contributed by atoms with van der Waals surface area (Å²) in [5.74, 6) is 0.732. The summed E-state index contributed by atoms with van der Waals surface area (Å²) in [5.41, 5.74) is 2.01.